The molecule has 0 radical (unpaired) electrons. The Morgan fingerprint density at radius 3 is 1.45 bits per heavy atom. The molecule has 4 nitrogen and oxygen atoms in total. The number of carbonyl (C=O) groups is 2. The van der Waals surface area contributed by atoms with Gasteiger partial charge in [-0.3, -0.25) is 9.59 Å². The van der Waals surface area contributed by atoms with Gasteiger partial charge in [0.05, 0.1) is 0 Å². The van der Waals surface area contributed by atoms with Crippen LogP contribution < -0.4 is 0 Å². The van der Waals surface area contributed by atoms with Crippen molar-refractivity contribution in [2.75, 3.05) is 0 Å². The fourth-order valence-corrected chi connectivity index (χ4v) is 1.05. The summed E-state index contributed by atoms with van der Waals surface area (Å²) in [6.07, 6.45) is 1.26. The van der Waals surface area contributed by atoms with Crippen molar-refractivity contribution >= 4 is 60.8 Å². The van der Waals surface area contributed by atoms with Crippen molar-refractivity contribution in [2.45, 2.75) is 19.3 Å². The summed E-state index contributed by atoms with van der Waals surface area (Å²) in [6.45, 7) is 0. The Labute approximate surface area is 104 Å². The average molecular weight is 283 g/mol. The zero-order valence-electron chi connectivity index (χ0n) is 5.33. The van der Waals surface area contributed by atoms with Crippen LogP contribution in [0.15, 0.2) is 0 Å². The Bertz CT molecular complexity index is 169. The summed E-state index contributed by atoms with van der Waals surface area (Å²) in [5.74, 6) is -2.41. The maximum atomic E-state index is 10.4. The van der Waals surface area contributed by atoms with Crippen LogP contribution in [-0.2, 0) is 9.59 Å². The molecule has 0 aromatic carbocycles. The summed E-state index contributed by atoms with van der Waals surface area (Å²) < 4.78 is 0. The number of rotatable bonds is 2. The van der Waals surface area contributed by atoms with Crippen LogP contribution in [0.25, 0.3) is 0 Å². The first-order chi connectivity index (χ1) is 4.59. The predicted octanol–water partition coefficient (Wildman–Crippen LogP) is -0.590. The second kappa shape index (κ2) is 3.95. The molecule has 1 aliphatic rings. The molecule has 1 saturated carbocycles. The Morgan fingerprint density at radius 1 is 1.09 bits per heavy atom. The third kappa shape index (κ3) is 1.81. The molecule has 1 fully saturated rings. The van der Waals surface area contributed by atoms with E-state index in [0.717, 1.165) is 0 Å². The van der Waals surface area contributed by atoms with Crippen molar-refractivity contribution in [2.24, 2.45) is 5.41 Å². The van der Waals surface area contributed by atoms with E-state index in [1.54, 1.807) is 0 Å². The van der Waals surface area contributed by atoms with Crippen LogP contribution in [0.3, 0.4) is 0 Å². The van der Waals surface area contributed by atoms with E-state index >= 15 is 0 Å². The van der Waals surface area contributed by atoms with E-state index in [1.807, 2.05) is 0 Å². The first-order valence-corrected chi connectivity index (χ1v) is 3.06. The number of hydrogen-bond donors (Lipinski definition) is 2. The molecule has 0 amide bonds. The zero-order chi connectivity index (χ0) is 7.78. The molecular weight excluding hydrogens is 273 g/mol. The van der Waals surface area contributed by atoms with Gasteiger partial charge in [-0.05, 0) is 19.3 Å². The van der Waals surface area contributed by atoms with Crippen LogP contribution in [-0.4, -0.2) is 71.0 Å². The van der Waals surface area contributed by atoms with Crippen molar-refractivity contribution in [1.29, 1.82) is 0 Å². The van der Waals surface area contributed by atoms with E-state index in [1.165, 1.54) is 0 Å². The molecule has 0 aromatic rings. The number of aliphatic carboxylic acids is 2. The predicted molar refractivity (Wildman–Crippen MR) is 40.1 cm³/mol. The van der Waals surface area contributed by atoms with E-state index in [0.29, 0.717) is 6.42 Å². The number of carboxylic acid groups (broad SMARTS) is 2. The molecular formula is C6H10BaO4. The first-order valence-electron chi connectivity index (χ1n) is 3.06. The van der Waals surface area contributed by atoms with Crippen molar-refractivity contribution in [3.05, 3.63) is 0 Å². The molecule has 0 bridgehead atoms. The van der Waals surface area contributed by atoms with E-state index in [2.05, 4.69) is 0 Å². The topological polar surface area (TPSA) is 74.6 Å². The van der Waals surface area contributed by atoms with Gasteiger partial charge >= 0.3 is 60.8 Å². The van der Waals surface area contributed by atoms with Gasteiger partial charge in [0.25, 0.3) is 0 Å². The minimum absolute atomic E-state index is 0. The summed E-state index contributed by atoms with van der Waals surface area (Å²) in [6, 6.07) is 0. The number of hydrogen-bond acceptors (Lipinski definition) is 2. The molecule has 1 rings (SSSR count). The Morgan fingerprint density at radius 2 is 1.45 bits per heavy atom. The molecule has 0 unspecified atom stereocenters. The van der Waals surface area contributed by atoms with Crippen LogP contribution in [0.5, 0.6) is 0 Å². The monoisotopic (exact) mass is 284 g/mol. The third-order valence-electron chi connectivity index (χ3n) is 2.03. The molecule has 0 spiro atoms. The van der Waals surface area contributed by atoms with Crippen LogP contribution in [0.1, 0.15) is 19.3 Å². The van der Waals surface area contributed by atoms with E-state index < -0.39 is 17.4 Å². The standard InChI is InChI=1S/C6H8O4.Ba.2H/c7-4(8)6(5(9)10)2-1-3-6;;;/h1-3H2,(H,7,8)(H,9,10);;;. The molecule has 0 saturated heterocycles. The fourth-order valence-electron chi connectivity index (χ4n) is 1.05. The van der Waals surface area contributed by atoms with Crippen LogP contribution >= 0.6 is 0 Å². The molecule has 0 aliphatic heterocycles. The summed E-state index contributed by atoms with van der Waals surface area (Å²) in [5.41, 5.74) is -1.44. The Kier molecular flexibility index (Phi) is 4.14. The normalized spacial score (nSPS) is 19.3. The summed E-state index contributed by atoms with van der Waals surface area (Å²) in [4.78, 5) is 20.7. The summed E-state index contributed by atoms with van der Waals surface area (Å²) in [7, 11) is 0. The van der Waals surface area contributed by atoms with E-state index in [9.17, 15) is 9.59 Å². The van der Waals surface area contributed by atoms with Gasteiger partial charge in [-0.15, -0.1) is 0 Å². The Hall–Kier alpha value is 0.511. The molecule has 5 heteroatoms. The van der Waals surface area contributed by atoms with Gasteiger partial charge in [-0.2, -0.15) is 0 Å². The number of carboxylic acids is 2. The average Bonchev–Trinajstić information content (AvgIpc) is 1.57. The molecule has 1 aliphatic carbocycles. The van der Waals surface area contributed by atoms with Gasteiger partial charge in [0.1, 0.15) is 0 Å². The quantitative estimate of drug-likeness (QED) is 0.525. The van der Waals surface area contributed by atoms with Gasteiger partial charge in [0.15, 0.2) is 5.41 Å². The molecule has 0 atom stereocenters. The van der Waals surface area contributed by atoms with Crippen molar-refractivity contribution in [3.63, 3.8) is 0 Å². The Balaban J connectivity index is 0.000001000. The third-order valence-corrected chi connectivity index (χ3v) is 2.03. The fraction of sp³-hybridized carbons (Fsp3) is 0.667. The minimum atomic E-state index is -1.44. The SMILES string of the molecule is O=C(O)C1(C(=O)O)CCC1.[BaH2]. The van der Waals surface area contributed by atoms with Crippen LogP contribution in [0, 0.1) is 5.41 Å². The van der Waals surface area contributed by atoms with Crippen molar-refractivity contribution in [1.82, 2.24) is 0 Å². The van der Waals surface area contributed by atoms with Gasteiger partial charge in [-0.25, -0.2) is 0 Å². The maximum absolute atomic E-state index is 10.4. The van der Waals surface area contributed by atoms with Gasteiger partial charge in [-0.1, -0.05) is 0 Å². The zero-order valence-corrected chi connectivity index (χ0v) is 5.33. The molecule has 60 valence electrons. The second-order valence-corrected chi connectivity index (χ2v) is 2.55. The summed E-state index contributed by atoms with van der Waals surface area (Å²) >= 11 is 0. The molecule has 0 aromatic heterocycles. The summed E-state index contributed by atoms with van der Waals surface area (Å²) in [5, 5.41) is 16.9. The van der Waals surface area contributed by atoms with Gasteiger partial charge < -0.3 is 10.2 Å². The second-order valence-electron chi connectivity index (χ2n) is 2.55. The van der Waals surface area contributed by atoms with E-state index in [4.69, 9.17) is 10.2 Å². The van der Waals surface area contributed by atoms with Gasteiger partial charge in [0, 0.05) is 0 Å². The van der Waals surface area contributed by atoms with E-state index in [-0.39, 0.29) is 61.7 Å². The molecule has 0 heterocycles. The van der Waals surface area contributed by atoms with Gasteiger partial charge in [0.2, 0.25) is 0 Å². The van der Waals surface area contributed by atoms with Crippen LogP contribution in [0.2, 0.25) is 0 Å². The van der Waals surface area contributed by atoms with Crippen molar-refractivity contribution in [3.8, 4) is 0 Å². The first kappa shape index (κ1) is 11.5. The molecule has 2 N–H and O–H groups in total. The van der Waals surface area contributed by atoms with Crippen LogP contribution in [0.4, 0.5) is 0 Å². The molecule has 11 heavy (non-hydrogen) atoms. The van der Waals surface area contributed by atoms with Crippen molar-refractivity contribution < 1.29 is 19.8 Å².